The zero-order valence-corrected chi connectivity index (χ0v) is 14.1. The fourth-order valence-corrected chi connectivity index (χ4v) is 2.43. The van der Waals surface area contributed by atoms with Crippen molar-refractivity contribution in [1.29, 1.82) is 0 Å². The highest BCUT2D eigenvalue weighted by Gasteiger charge is 2.10. The van der Waals surface area contributed by atoms with Crippen molar-refractivity contribution in [2.24, 2.45) is 4.99 Å². The summed E-state index contributed by atoms with van der Waals surface area (Å²) in [6.07, 6.45) is 0.538. The largest absolute Gasteiger partial charge is 0.375 e. The topological polar surface area (TPSA) is 45.7 Å². The summed E-state index contributed by atoms with van der Waals surface area (Å²) < 4.78 is 19.1. The van der Waals surface area contributed by atoms with Crippen LogP contribution in [-0.2, 0) is 11.2 Å². The molecule has 2 aromatic carbocycles. The average Bonchev–Trinajstić information content (AvgIpc) is 2.63. The molecule has 0 aliphatic heterocycles. The van der Waals surface area contributed by atoms with E-state index in [0.717, 1.165) is 5.56 Å². The predicted octanol–water partition coefficient (Wildman–Crippen LogP) is 2.92. The summed E-state index contributed by atoms with van der Waals surface area (Å²) >= 11 is 0. The number of benzene rings is 2. The van der Waals surface area contributed by atoms with Crippen molar-refractivity contribution in [3.05, 3.63) is 71.5 Å². The molecule has 128 valence electrons. The minimum atomic E-state index is -0.175. The molecule has 2 rings (SSSR count). The van der Waals surface area contributed by atoms with E-state index in [1.807, 2.05) is 36.4 Å². The Bertz CT molecular complexity index is 646. The smallest absolute Gasteiger partial charge is 0.191 e. The Labute approximate surface area is 142 Å². The van der Waals surface area contributed by atoms with Crippen LogP contribution in [0.15, 0.2) is 59.6 Å². The highest BCUT2D eigenvalue weighted by molar-refractivity contribution is 5.79. The van der Waals surface area contributed by atoms with Crippen molar-refractivity contribution in [3.63, 3.8) is 0 Å². The summed E-state index contributed by atoms with van der Waals surface area (Å²) in [6.45, 7) is 1.20. The van der Waals surface area contributed by atoms with E-state index in [9.17, 15) is 4.39 Å². The lowest BCUT2D eigenvalue weighted by atomic mass is 10.1. The lowest BCUT2D eigenvalue weighted by Gasteiger charge is -2.18. The quantitative estimate of drug-likeness (QED) is 0.606. The van der Waals surface area contributed by atoms with Gasteiger partial charge in [-0.2, -0.15) is 0 Å². The van der Waals surface area contributed by atoms with Crippen molar-refractivity contribution < 1.29 is 9.13 Å². The number of hydrogen-bond donors (Lipinski definition) is 2. The van der Waals surface area contributed by atoms with Gasteiger partial charge in [0, 0.05) is 27.2 Å². The number of hydrogen-bond acceptors (Lipinski definition) is 2. The van der Waals surface area contributed by atoms with Crippen molar-refractivity contribution in [2.75, 3.05) is 27.2 Å². The summed E-state index contributed by atoms with van der Waals surface area (Å²) in [4.78, 5) is 4.19. The van der Waals surface area contributed by atoms with Crippen LogP contribution >= 0.6 is 0 Å². The van der Waals surface area contributed by atoms with Crippen LogP contribution < -0.4 is 10.6 Å². The molecule has 0 saturated carbocycles. The highest BCUT2D eigenvalue weighted by Crippen LogP contribution is 2.14. The molecule has 0 amide bonds. The van der Waals surface area contributed by atoms with Crippen LogP contribution in [0.4, 0.5) is 4.39 Å². The molecule has 2 N–H and O–H groups in total. The minimum Gasteiger partial charge on any atom is -0.375 e. The lowest BCUT2D eigenvalue weighted by Crippen LogP contribution is -2.40. The average molecular weight is 329 g/mol. The first-order valence-corrected chi connectivity index (χ1v) is 8.00. The molecule has 0 spiro atoms. The molecular formula is C19H24FN3O. The van der Waals surface area contributed by atoms with Gasteiger partial charge in [-0.25, -0.2) is 4.39 Å². The molecule has 4 nitrogen and oxygen atoms in total. The highest BCUT2D eigenvalue weighted by atomic mass is 19.1. The summed E-state index contributed by atoms with van der Waals surface area (Å²) in [5.41, 5.74) is 1.80. The van der Waals surface area contributed by atoms with Gasteiger partial charge in [0.1, 0.15) is 5.82 Å². The summed E-state index contributed by atoms with van der Waals surface area (Å²) in [5.74, 6) is 0.495. The first-order chi connectivity index (χ1) is 11.7. The van der Waals surface area contributed by atoms with E-state index in [1.165, 1.54) is 6.07 Å². The Hall–Kier alpha value is -2.40. The third-order valence-corrected chi connectivity index (χ3v) is 3.78. The minimum absolute atomic E-state index is 0.0590. The lowest BCUT2D eigenvalue weighted by molar-refractivity contribution is 0.106. The number of ether oxygens (including phenoxy) is 1. The van der Waals surface area contributed by atoms with E-state index in [1.54, 1.807) is 26.3 Å². The van der Waals surface area contributed by atoms with Crippen molar-refractivity contribution in [1.82, 2.24) is 10.6 Å². The molecule has 0 aliphatic rings. The van der Waals surface area contributed by atoms with Crippen LogP contribution in [0.3, 0.4) is 0 Å². The molecule has 5 heteroatoms. The molecule has 1 unspecified atom stereocenters. The number of methoxy groups -OCH3 is 1. The maximum Gasteiger partial charge on any atom is 0.191 e. The first kappa shape index (κ1) is 17.9. The first-order valence-electron chi connectivity index (χ1n) is 8.00. The van der Waals surface area contributed by atoms with Gasteiger partial charge in [0.2, 0.25) is 0 Å². The van der Waals surface area contributed by atoms with Gasteiger partial charge in [-0.15, -0.1) is 0 Å². The van der Waals surface area contributed by atoms with E-state index in [0.29, 0.717) is 31.0 Å². The summed E-state index contributed by atoms with van der Waals surface area (Å²) in [5, 5.41) is 6.43. The van der Waals surface area contributed by atoms with Crippen LogP contribution in [0.1, 0.15) is 17.2 Å². The third kappa shape index (κ3) is 5.35. The number of halogens is 1. The molecule has 2 aromatic rings. The second-order valence-electron chi connectivity index (χ2n) is 5.36. The van der Waals surface area contributed by atoms with Crippen LogP contribution in [-0.4, -0.2) is 33.2 Å². The molecule has 1 atom stereocenters. The normalized spacial score (nSPS) is 12.7. The van der Waals surface area contributed by atoms with Gasteiger partial charge in [0.05, 0.1) is 6.10 Å². The Morgan fingerprint density at radius 2 is 1.79 bits per heavy atom. The summed E-state index contributed by atoms with van der Waals surface area (Å²) in [6, 6.07) is 16.8. The van der Waals surface area contributed by atoms with Crippen LogP contribution in [0.25, 0.3) is 0 Å². The molecule has 0 fully saturated rings. The summed E-state index contributed by atoms with van der Waals surface area (Å²) in [7, 11) is 3.40. The fraction of sp³-hybridized carbons (Fsp3) is 0.316. The van der Waals surface area contributed by atoms with Crippen LogP contribution in [0.2, 0.25) is 0 Å². The van der Waals surface area contributed by atoms with E-state index >= 15 is 0 Å². The van der Waals surface area contributed by atoms with E-state index in [4.69, 9.17) is 4.74 Å². The van der Waals surface area contributed by atoms with Crippen molar-refractivity contribution in [2.45, 2.75) is 12.5 Å². The van der Waals surface area contributed by atoms with Gasteiger partial charge < -0.3 is 15.4 Å². The Morgan fingerprint density at radius 1 is 1.08 bits per heavy atom. The molecular weight excluding hydrogens is 305 g/mol. The second kappa shape index (κ2) is 9.67. The zero-order valence-electron chi connectivity index (χ0n) is 14.1. The number of guanidine groups is 1. The molecule has 0 saturated heterocycles. The Kier molecular flexibility index (Phi) is 7.23. The Balaban J connectivity index is 1.81. The van der Waals surface area contributed by atoms with Crippen LogP contribution in [0, 0.1) is 5.82 Å². The van der Waals surface area contributed by atoms with E-state index in [2.05, 4.69) is 15.6 Å². The molecule has 0 heterocycles. The predicted molar refractivity (Wildman–Crippen MR) is 95.7 cm³/mol. The number of nitrogens with one attached hydrogen (secondary N) is 2. The number of nitrogens with zero attached hydrogens (tertiary/aromatic N) is 1. The maximum atomic E-state index is 13.6. The fourth-order valence-electron chi connectivity index (χ4n) is 2.43. The SMILES string of the molecule is CN=C(NCCc1ccccc1F)NCC(OC)c1ccccc1. The van der Waals surface area contributed by atoms with Crippen molar-refractivity contribution in [3.8, 4) is 0 Å². The van der Waals surface area contributed by atoms with Gasteiger partial charge in [0.15, 0.2) is 5.96 Å². The molecule has 0 aliphatic carbocycles. The van der Waals surface area contributed by atoms with E-state index in [-0.39, 0.29) is 11.9 Å². The van der Waals surface area contributed by atoms with Crippen LogP contribution in [0.5, 0.6) is 0 Å². The van der Waals surface area contributed by atoms with E-state index < -0.39 is 0 Å². The van der Waals surface area contributed by atoms with Crippen molar-refractivity contribution >= 4 is 5.96 Å². The van der Waals surface area contributed by atoms with Gasteiger partial charge >= 0.3 is 0 Å². The van der Waals surface area contributed by atoms with Gasteiger partial charge in [-0.1, -0.05) is 48.5 Å². The number of aliphatic imine (C=N–C) groups is 1. The van der Waals surface area contributed by atoms with Gasteiger partial charge in [-0.3, -0.25) is 4.99 Å². The third-order valence-electron chi connectivity index (χ3n) is 3.78. The Morgan fingerprint density at radius 3 is 2.46 bits per heavy atom. The monoisotopic (exact) mass is 329 g/mol. The molecule has 0 bridgehead atoms. The molecule has 24 heavy (non-hydrogen) atoms. The molecule has 0 radical (unpaired) electrons. The molecule has 0 aromatic heterocycles. The standard InChI is InChI=1S/C19H24FN3O/c1-21-19(22-13-12-15-8-6-7-11-17(15)20)23-14-18(24-2)16-9-4-3-5-10-16/h3-11,18H,12-14H2,1-2H3,(H2,21,22,23). The van der Waals surface area contributed by atoms with Gasteiger partial charge in [-0.05, 0) is 23.6 Å². The number of rotatable bonds is 7. The second-order valence-corrected chi connectivity index (χ2v) is 5.36. The zero-order chi connectivity index (χ0) is 17.2. The van der Waals surface area contributed by atoms with Gasteiger partial charge in [0.25, 0.3) is 0 Å². The maximum absolute atomic E-state index is 13.6.